The van der Waals surface area contributed by atoms with Crippen molar-refractivity contribution in [2.75, 3.05) is 20.1 Å². The lowest BCUT2D eigenvalue weighted by Gasteiger charge is -2.29. The lowest BCUT2D eigenvalue weighted by molar-refractivity contribution is 0.0921. The monoisotopic (exact) mass is 266 g/mol. The van der Waals surface area contributed by atoms with Gasteiger partial charge in [-0.1, -0.05) is 6.92 Å². The van der Waals surface area contributed by atoms with Gasteiger partial charge in [0, 0.05) is 10.9 Å². The zero-order valence-electron chi connectivity index (χ0n) is 11.5. The predicted octanol–water partition coefficient (Wildman–Crippen LogP) is 2.44. The second-order valence-electron chi connectivity index (χ2n) is 5.10. The van der Waals surface area contributed by atoms with E-state index in [1.807, 2.05) is 6.07 Å². The topological polar surface area (TPSA) is 32.3 Å². The van der Waals surface area contributed by atoms with Crippen LogP contribution in [0.25, 0.3) is 0 Å². The summed E-state index contributed by atoms with van der Waals surface area (Å²) in [5.41, 5.74) is 1.30. The molecule has 0 unspecified atom stereocenters. The Morgan fingerprint density at radius 2 is 2.17 bits per heavy atom. The van der Waals surface area contributed by atoms with Gasteiger partial charge in [-0.15, -0.1) is 11.3 Å². The Bertz CT molecular complexity index is 419. The van der Waals surface area contributed by atoms with Crippen LogP contribution >= 0.6 is 11.3 Å². The third kappa shape index (κ3) is 3.12. The summed E-state index contributed by atoms with van der Waals surface area (Å²) in [6, 6.07) is 2.39. The van der Waals surface area contributed by atoms with Crippen molar-refractivity contribution in [2.45, 2.75) is 39.2 Å². The van der Waals surface area contributed by atoms with Crippen molar-refractivity contribution in [3.8, 4) is 0 Å². The van der Waals surface area contributed by atoms with Crippen molar-refractivity contribution in [1.29, 1.82) is 0 Å². The molecule has 1 saturated heterocycles. The van der Waals surface area contributed by atoms with Crippen LogP contribution in [0.1, 0.15) is 39.9 Å². The largest absolute Gasteiger partial charge is 0.349 e. The van der Waals surface area contributed by atoms with E-state index >= 15 is 0 Å². The molecule has 0 atom stereocenters. The first-order valence-corrected chi connectivity index (χ1v) is 7.50. The summed E-state index contributed by atoms with van der Waals surface area (Å²) in [5.74, 6) is 0.109. The number of carbonyl (C=O) groups is 1. The Balaban J connectivity index is 1.94. The SMILES string of the molecule is CCc1cc(C(=O)NC2CCN(C)CC2)sc1C. The molecular weight excluding hydrogens is 244 g/mol. The normalized spacial score (nSPS) is 17.9. The fourth-order valence-corrected chi connectivity index (χ4v) is 3.41. The van der Waals surface area contributed by atoms with E-state index in [1.165, 1.54) is 10.4 Å². The van der Waals surface area contributed by atoms with Gasteiger partial charge in [0.1, 0.15) is 0 Å². The highest BCUT2D eigenvalue weighted by Crippen LogP contribution is 2.22. The van der Waals surface area contributed by atoms with Crippen molar-refractivity contribution in [2.24, 2.45) is 0 Å². The zero-order valence-corrected chi connectivity index (χ0v) is 12.3. The number of hydrogen-bond acceptors (Lipinski definition) is 3. The van der Waals surface area contributed by atoms with Crippen LogP contribution in [0.5, 0.6) is 0 Å². The number of piperidine rings is 1. The van der Waals surface area contributed by atoms with E-state index in [-0.39, 0.29) is 5.91 Å². The Morgan fingerprint density at radius 3 is 2.72 bits per heavy atom. The van der Waals surface area contributed by atoms with Gasteiger partial charge in [0.15, 0.2) is 0 Å². The lowest BCUT2D eigenvalue weighted by Crippen LogP contribution is -2.43. The van der Waals surface area contributed by atoms with E-state index < -0.39 is 0 Å². The summed E-state index contributed by atoms with van der Waals surface area (Å²) < 4.78 is 0. The molecule has 0 bridgehead atoms. The van der Waals surface area contributed by atoms with Gasteiger partial charge in [0.25, 0.3) is 5.91 Å². The van der Waals surface area contributed by atoms with Gasteiger partial charge < -0.3 is 10.2 Å². The number of rotatable bonds is 3. The maximum atomic E-state index is 12.2. The summed E-state index contributed by atoms with van der Waals surface area (Å²) >= 11 is 1.61. The van der Waals surface area contributed by atoms with E-state index in [2.05, 4.69) is 31.1 Å². The van der Waals surface area contributed by atoms with Crippen molar-refractivity contribution < 1.29 is 4.79 Å². The molecule has 1 aromatic heterocycles. The number of thiophene rings is 1. The molecule has 1 aromatic rings. The van der Waals surface area contributed by atoms with Crippen molar-refractivity contribution >= 4 is 17.2 Å². The molecule has 2 rings (SSSR count). The van der Waals surface area contributed by atoms with Crippen molar-refractivity contribution in [1.82, 2.24) is 10.2 Å². The molecule has 3 nitrogen and oxygen atoms in total. The number of amides is 1. The maximum absolute atomic E-state index is 12.2. The molecule has 2 heterocycles. The Kier molecular flexibility index (Phi) is 4.40. The van der Waals surface area contributed by atoms with Crippen LogP contribution in [0, 0.1) is 6.92 Å². The third-order valence-electron chi connectivity index (χ3n) is 3.68. The van der Waals surface area contributed by atoms with Crippen LogP contribution in [-0.4, -0.2) is 37.0 Å². The first kappa shape index (κ1) is 13.6. The van der Waals surface area contributed by atoms with E-state index in [1.54, 1.807) is 11.3 Å². The summed E-state index contributed by atoms with van der Waals surface area (Å²) in [6.45, 7) is 6.38. The van der Waals surface area contributed by atoms with Gasteiger partial charge in [-0.2, -0.15) is 0 Å². The number of nitrogens with zero attached hydrogens (tertiary/aromatic N) is 1. The van der Waals surface area contributed by atoms with Crippen molar-refractivity contribution in [3.05, 3.63) is 21.4 Å². The van der Waals surface area contributed by atoms with Crippen LogP contribution in [0.15, 0.2) is 6.07 Å². The van der Waals surface area contributed by atoms with Gasteiger partial charge in [0.2, 0.25) is 0 Å². The van der Waals surface area contributed by atoms with Crippen LogP contribution in [0.2, 0.25) is 0 Å². The highest BCUT2D eigenvalue weighted by atomic mass is 32.1. The second-order valence-corrected chi connectivity index (χ2v) is 6.35. The smallest absolute Gasteiger partial charge is 0.261 e. The average molecular weight is 266 g/mol. The molecule has 18 heavy (non-hydrogen) atoms. The molecule has 4 heteroatoms. The molecule has 0 saturated carbocycles. The van der Waals surface area contributed by atoms with E-state index in [4.69, 9.17) is 0 Å². The van der Waals surface area contributed by atoms with Gasteiger partial charge in [-0.25, -0.2) is 0 Å². The van der Waals surface area contributed by atoms with E-state index in [0.29, 0.717) is 6.04 Å². The summed E-state index contributed by atoms with van der Waals surface area (Å²) in [5, 5.41) is 3.17. The Hall–Kier alpha value is -0.870. The minimum Gasteiger partial charge on any atom is -0.349 e. The molecule has 1 aliphatic rings. The quantitative estimate of drug-likeness (QED) is 0.911. The Labute approximate surface area is 113 Å². The van der Waals surface area contributed by atoms with Gasteiger partial charge in [-0.3, -0.25) is 4.79 Å². The molecule has 1 fully saturated rings. The minimum atomic E-state index is 0.109. The fourth-order valence-electron chi connectivity index (χ4n) is 2.39. The maximum Gasteiger partial charge on any atom is 0.261 e. The molecule has 0 aliphatic carbocycles. The molecule has 0 spiro atoms. The van der Waals surface area contributed by atoms with Crippen LogP contribution < -0.4 is 5.32 Å². The van der Waals surface area contributed by atoms with Gasteiger partial charge >= 0.3 is 0 Å². The second kappa shape index (κ2) is 5.85. The fraction of sp³-hybridized carbons (Fsp3) is 0.643. The molecule has 1 N–H and O–H groups in total. The highest BCUT2D eigenvalue weighted by Gasteiger charge is 2.20. The predicted molar refractivity (Wildman–Crippen MR) is 76.4 cm³/mol. The first-order valence-electron chi connectivity index (χ1n) is 6.69. The first-order chi connectivity index (χ1) is 8.60. The van der Waals surface area contributed by atoms with Crippen LogP contribution in [0.3, 0.4) is 0 Å². The molecule has 0 radical (unpaired) electrons. The van der Waals surface area contributed by atoms with E-state index in [9.17, 15) is 4.79 Å². The van der Waals surface area contributed by atoms with Gasteiger partial charge in [-0.05, 0) is 58.0 Å². The summed E-state index contributed by atoms with van der Waals surface area (Å²) in [6.07, 6.45) is 3.13. The number of likely N-dealkylation sites (tertiary alicyclic amines) is 1. The third-order valence-corrected chi connectivity index (χ3v) is 4.77. The van der Waals surface area contributed by atoms with E-state index in [0.717, 1.165) is 37.2 Å². The molecule has 1 amide bonds. The lowest BCUT2D eigenvalue weighted by atomic mass is 10.1. The summed E-state index contributed by atoms with van der Waals surface area (Å²) in [4.78, 5) is 16.6. The number of nitrogens with one attached hydrogen (secondary N) is 1. The van der Waals surface area contributed by atoms with Crippen molar-refractivity contribution in [3.63, 3.8) is 0 Å². The molecule has 100 valence electrons. The highest BCUT2D eigenvalue weighted by molar-refractivity contribution is 7.14. The molecular formula is C14H22N2OS. The molecule has 0 aromatic carbocycles. The number of hydrogen-bond donors (Lipinski definition) is 1. The zero-order chi connectivity index (χ0) is 13.1. The summed E-state index contributed by atoms with van der Waals surface area (Å²) in [7, 11) is 2.13. The van der Waals surface area contributed by atoms with Gasteiger partial charge in [0.05, 0.1) is 4.88 Å². The Morgan fingerprint density at radius 1 is 1.50 bits per heavy atom. The van der Waals surface area contributed by atoms with Crippen LogP contribution in [-0.2, 0) is 6.42 Å². The minimum absolute atomic E-state index is 0.109. The standard InChI is InChI=1S/C14H22N2OS/c1-4-11-9-13(18-10(11)2)14(17)15-12-5-7-16(3)8-6-12/h9,12H,4-8H2,1-3H3,(H,15,17). The van der Waals surface area contributed by atoms with Crippen LogP contribution in [0.4, 0.5) is 0 Å². The number of carbonyl (C=O) groups excluding carboxylic acids is 1. The molecule has 1 aliphatic heterocycles. The average Bonchev–Trinajstić information content (AvgIpc) is 2.73. The number of aryl methyl sites for hydroxylation is 2.